The SMILES string of the molecule is CCc1ccc(Cl)c(CC)c1NC(=O)N1CCN(C(=O)C2CC2)CC1. The molecule has 5 nitrogen and oxygen atoms in total. The number of anilines is 1. The average Bonchev–Trinajstić information content (AvgIpc) is 3.47. The minimum absolute atomic E-state index is 0.106. The average molecular weight is 364 g/mol. The third kappa shape index (κ3) is 3.92. The van der Waals surface area contributed by atoms with Crippen LogP contribution >= 0.6 is 11.6 Å². The predicted molar refractivity (Wildman–Crippen MR) is 100 cm³/mol. The van der Waals surface area contributed by atoms with Gasteiger partial charge in [-0.3, -0.25) is 4.79 Å². The molecule has 1 heterocycles. The molecule has 1 aliphatic heterocycles. The van der Waals surface area contributed by atoms with E-state index in [1.165, 1.54) is 0 Å². The van der Waals surface area contributed by atoms with Gasteiger partial charge in [-0.15, -0.1) is 0 Å². The van der Waals surface area contributed by atoms with E-state index < -0.39 is 0 Å². The first kappa shape index (κ1) is 18.1. The van der Waals surface area contributed by atoms with E-state index in [1.54, 1.807) is 4.90 Å². The lowest BCUT2D eigenvalue weighted by atomic mass is 10.0. The van der Waals surface area contributed by atoms with E-state index in [0.29, 0.717) is 31.2 Å². The molecule has 0 unspecified atom stereocenters. The maximum atomic E-state index is 12.7. The van der Waals surface area contributed by atoms with Crippen LogP contribution in [0.2, 0.25) is 5.02 Å². The Morgan fingerprint density at radius 2 is 1.72 bits per heavy atom. The fourth-order valence-electron chi connectivity index (χ4n) is 3.37. The van der Waals surface area contributed by atoms with E-state index in [4.69, 9.17) is 11.6 Å². The summed E-state index contributed by atoms with van der Waals surface area (Å²) in [5, 5.41) is 3.76. The van der Waals surface area contributed by atoms with Crippen molar-refractivity contribution in [2.75, 3.05) is 31.5 Å². The summed E-state index contributed by atoms with van der Waals surface area (Å²) in [6, 6.07) is 3.77. The van der Waals surface area contributed by atoms with E-state index in [9.17, 15) is 9.59 Å². The molecule has 0 atom stereocenters. The highest BCUT2D eigenvalue weighted by Crippen LogP contribution is 2.32. The molecule has 1 saturated carbocycles. The summed E-state index contributed by atoms with van der Waals surface area (Å²) >= 11 is 6.31. The Morgan fingerprint density at radius 1 is 1.08 bits per heavy atom. The minimum atomic E-state index is -0.106. The quantitative estimate of drug-likeness (QED) is 0.889. The zero-order chi connectivity index (χ0) is 18.0. The molecule has 1 aromatic carbocycles. The second-order valence-electron chi connectivity index (χ2n) is 6.78. The van der Waals surface area contributed by atoms with Gasteiger partial charge in [-0.05, 0) is 42.9 Å². The maximum absolute atomic E-state index is 12.7. The molecule has 0 bridgehead atoms. The van der Waals surface area contributed by atoms with Crippen LogP contribution in [-0.4, -0.2) is 47.9 Å². The Balaban J connectivity index is 1.65. The van der Waals surface area contributed by atoms with E-state index in [0.717, 1.165) is 42.5 Å². The van der Waals surface area contributed by atoms with Crippen molar-refractivity contribution in [1.29, 1.82) is 0 Å². The summed E-state index contributed by atoms with van der Waals surface area (Å²) in [4.78, 5) is 28.5. The molecule has 2 aliphatic rings. The Bertz CT molecular complexity index is 665. The normalized spacial score (nSPS) is 17.6. The Labute approximate surface area is 154 Å². The van der Waals surface area contributed by atoms with Crippen LogP contribution in [-0.2, 0) is 17.6 Å². The van der Waals surface area contributed by atoms with E-state index in [1.807, 2.05) is 24.0 Å². The number of carbonyl (C=O) groups is 2. The van der Waals surface area contributed by atoms with Gasteiger partial charge in [-0.25, -0.2) is 4.79 Å². The number of hydrogen-bond acceptors (Lipinski definition) is 2. The minimum Gasteiger partial charge on any atom is -0.339 e. The number of hydrogen-bond donors (Lipinski definition) is 1. The van der Waals surface area contributed by atoms with Gasteiger partial charge in [0.15, 0.2) is 0 Å². The van der Waals surface area contributed by atoms with Gasteiger partial charge in [0.1, 0.15) is 0 Å². The molecule has 0 aromatic heterocycles. The lowest BCUT2D eigenvalue weighted by molar-refractivity contribution is -0.133. The summed E-state index contributed by atoms with van der Waals surface area (Å²) < 4.78 is 0. The van der Waals surface area contributed by atoms with Crippen LogP contribution in [0.25, 0.3) is 0 Å². The monoisotopic (exact) mass is 363 g/mol. The number of urea groups is 1. The number of rotatable bonds is 4. The van der Waals surface area contributed by atoms with Gasteiger partial charge in [0.05, 0.1) is 5.69 Å². The van der Waals surface area contributed by atoms with Crippen molar-refractivity contribution in [2.45, 2.75) is 39.5 Å². The number of piperazine rings is 1. The predicted octanol–water partition coefficient (Wildman–Crippen LogP) is 3.55. The molecule has 25 heavy (non-hydrogen) atoms. The van der Waals surface area contributed by atoms with Crippen molar-refractivity contribution in [3.63, 3.8) is 0 Å². The van der Waals surface area contributed by atoms with Crippen LogP contribution in [0.5, 0.6) is 0 Å². The van der Waals surface area contributed by atoms with Gasteiger partial charge in [0, 0.05) is 37.1 Å². The topological polar surface area (TPSA) is 52.7 Å². The molecule has 6 heteroatoms. The number of benzene rings is 1. The number of amides is 3. The largest absolute Gasteiger partial charge is 0.339 e. The first-order valence-electron chi connectivity index (χ1n) is 9.20. The number of halogens is 1. The second-order valence-corrected chi connectivity index (χ2v) is 7.19. The highest BCUT2D eigenvalue weighted by atomic mass is 35.5. The van der Waals surface area contributed by atoms with Crippen LogP contribution in [0.3, 0.4) is 0 Å². The number of carbonyl (C=O) groups excluding carboxylic acids is 2. The number of nitrogens with zero attached hydrogens (tertiary/aromatic N) is 2. The fraction of sp³-hybridized carbons (Fsp3) is 0.579. The summed E-state index contributed by atoms with van der Waals surface area (Å²) in [6.45, 7) is 6.51. The number of aryl methyl sites for hydroxylation is 1. The van der Waals surface area contributed by atoms with Crippen LogP contribution in [0.15, 0.2) is 12.1 Å². The third-order valence-corrected chi connectivity index (χ3v) is 5.47. The third-order valence-electron chi connectivity index (χ3n) is 5.11. The summed E-state index contributed by atoms with van der Waals surface area (Å²) in [5.74, 6) is 0.502. The molecule has 2 fully saturated rings. The van der Waals surface area contributed by atoms with Gasteiger partial charge in [0.25, 0.3) is 0 Å². The molecular formula is C19H26ClN3O2. The molecule has 1 saturated heterocycles. The van der Waals surface area contributed by atoms with E-state index >= 15 is 0 Å². The van der Waals surface area contributed by atoms with Gasteiger partial charge < -0.3 is 15.1 Å². The zero-order valence-corrected chi connectivity index (χ0v) is 15.7. The Kier molecular flexibility index (Phi) is 5.52. The van der Waals surface area contributed by atoms with E-state index in [2.05, 4.69) is 12.2 Å². The summed E-state index contributed by atoms with van der Waals surface area (Å²) in [6.07, 6.45) is 3.65. The smallest absolute Gasteiger partial charge is 0.321 e. The lowest BCUT2D eigenvalue weighted by Gasteiger charge is -2.35. The van der Waals surface area contributed by atoms with Gasteiger partial charge in [0.2, 0.25) is 5.91 Å². The number of nitrogens with one attached hydrogen (secondary N) is 1. The molecule has 0 spiro atoms. The molecular weight excluding hydrogens is 338 g/mol. The van der Waals surface area contributed by atoms with Crippen molar-refractivity contribution < 1.29 is 9.59 Å². The summed E-state index contributed by atoms with van der Waals surface area (Å²) in [5.41, 5.74) is 2.92. The van der Waals surface area contributed by atoms with Crippen molar-refractivity contribution >= 4 is 29.2 Å². The Morgan fingerprint density at radius 3 is 2.28 bits per heavy atom. The molecule has 1 aromatic rings. The van der Waals surface area contributed by atoms with Crippen molar-refractivity contribution in [3.05, 3.63) is 28.3 Å². The second kappa shape index (κ2) is 7.65. The maximum Gasteiger partial charge on any atom is 0.321 e. The molecule has 3 amide bonds. The van der Waals surface area contributed by atoms with Gasteiger partial charge >= 0.3 is 6.03 Å². The van der Waals surface area contributed by atoms with Crippen molar-refractivity contribution in [1.82, 2.24) is 9.80 Å². The molecule has 1 aliphatic carbocycles. The molecule has 3 rings (SSSR count). The first-order chi connectivity index (χ1) is 12.0. The van der Waals surface area contributed by atoms with Crippen LogP contribution in [0.1, 0.15) is 37.8 Å². The first-order valence-corrected chi connectivity index (χ1v) is 9.57. The zero-order valence-electron chi connectivity index (χ0n) is 15.0. The van der Waals surface area contributed by atoms with Crippen molar-refractivity contribution in [2.24, 2.45) is 5.92 Å². The van der Waals surface area contributed by atoms with Crippen LogP contribution < -0.4 is 5.32 Å². The fourth-order valence-corrected chi connectivity index (χ4v) is 3.66. The standard InChI is InChI=1S/C19H26ClN3O2/c1-3-13-7-8-16(20)15(4-2)17(13)21-19(25)23-11-9-22(10-12-23)18(24)14-5-6-14/h7-8,14H,3-6,9-12H2,1-2H3,(H,21,25). The van der Waals surface area contributed by atoms with Crippen LogP contribution in [0.4, 0.5) is 10.5 Å². The Hall–Kier alpha value is -1.75. The van der Waals surface area contributed by atoms with Crippen LogP contribution in [0, 0.1) is 5.92 Å². The van der Waals surface area contributed by atoms with Gasteiger partial charge in [-0.1, -0.05) is 31.5 Å². The van der Waals surface area contributed by atoms with E-state index in [-0.39, 0.29) is 17.9 Å². The lowest BCUT2D eigenvalue weighted by Crippen LogP contribution is -2.52. The van der Waals surface area contributed by atoms with Gasteiger partial charge in [-0.2, -0.15) is 0 Å². The highest BCUT2D eigenvalue weighted by molar-refractivity contribution is 6.32. The molecule has 0 radical (unpaired) electrons. The highest BCUT2D eigenvalue weighted by Gasteiger charge is 2.35. The molecule has 136 valence electrons. The van der Waals surface area contributed by atoms with Crippen molar-refractivity contribution in [3.8, 4) is 0 Å². The summed E-state index contributed by atoms with van der Waals surface area (Å²) in [7, 11) is 0. The molecule has 1 N–H and O–H groups in total.